The van der Waals surface area contributed by atoms with Gasteiger partial charge in [0.15, 0.2) is 0 Å². The van der Waals surface area contributed by atoms with E-state index >= 15 is 0 Å². The summed E-state index contributed by atoms with van der Waals surface area (Å²) in [5, 5.41) is 19.2. The first-order chi connectivity index (χ1) is 9.42. The van der Waals surface area contributed by atoms with E-state index in [4.69, 9.17) is 16.9 Å². The Bertz CT molecular complexity index is 672. The van der Waals surface area contributed by atoms with E-state index in [0.717, 1.165) is 16.9 Å². The van der Waals surface area contributed by atoms with E-state index in [2.05, 4.69) is 21.6 Å². The van der Waals surface area contributed by atoms with Gasteiger partial charge in [0.2, 0.25) is 9.47 Å². The summed E-state index contributed by atoms with van der Waals surface area (Å²) in [6.07, 6.45) is 0. The van der Waals surface area contributed by atoms with Crippen molar-refractivity contribution in [3.63, 3.8) is 0 Å². The lowest BCUT2D eigenvalue weighted by Crippen LogP contribution is -2.15. The number of carbonyl (C=O) groups is 1. The molecule has 1 N–H and O–H groups in total. The van der Waals surface area contributed by atoms with Crippen LogP contribution in [0, 0.1) is 11.3 Å². The Hall–Kier alpha value is -1.97. The predicted molar refractivity (Wildman–Crippen MR) is 78.0 cm³/mol. The highest BCUT2D eigenvalue weighted by molar-refractivity contribution is 7.17. The summed E-state index contributed by atoms with van der Waals surface area (Å²) in [6, 6.07) is 9.34. The number of nitrogens with zero attached hydrogens (tertiary/aromatic N) is 3. The van der Waals surface area contributed by atoms with E-state index in [0.29, 0.717) is 5.69 Å². The van der Waals surface area contributed by atoms with Gasteiger partial charge in [-0.3, -0.25) is 4.79 Å². The van der Waals surface area contributed by atoms with Crippen LogP contribution in [0.3, 0.4) is 0 Å². The number of rotatable bonds is 3. The van der Waals surface area contributed by atoms with Crippen LogP contribution in [0.2, 0.25) is 4.47 Å². The summed E-state index contributed by atoms with van der Waals surface area (Å²) in [4.78, 5) is 11.9. The largest absolute Gasteiger partial charge is 0.320 e. The SMILES string of the molecule is CC(C)(C#N)c1ccc(NC(=O)c2nnc(Cl)s2)cc1. The lowest BCUT2D eigenvalue weighted by molar-refractivity contribution is 0.102. The van der Waals surface area contributed by atoms with E-state index in [-0.39, 0.29) is 15.4 Å². The number of aromatic nitrogens is 2. The fourth-order valence-corrected chi connectivity index (χ4v) is 2.24. The number of nitriles is 1. The van der Waals surface area contributed by atoms with Crippen molar-refractivity contribution in [1.29, 1.82) is 5.26 Å². The van der Waals surface area contributed by atoms with Crippen LogP contribution in [0.1, 0.15) is 29.2 Å². The smallest absolute Gasteiger partial charge is 0.286 e. The average molecular weight is 307 g/mol. The molecule has 0 saturated carbocycles. The highest BCUT2D eigenvalue weighted by Crippen LogP contribution is 2.24. The summed E-state index contributed by atoms with van der Waals surface area (Å²) in [5.74, 6) is -0.360. The summed E-state index contributed by atoms with van der Waals surface area (Å²) >= 11 is 6.64. The highest BCUT2D eigenvalue weighted by Gasteiger charge is 2.19. The third kappa shape index (κ3) is 3.13. The van der Waals surface area contributed by atoms with Gasteiger partial charge < -0.3 is 5.32 Å². The molecule has 1 aromatic carbocycles. The standard InChI is InChI=1S/C13H11ClN4OS/c1-13(2,7-15)8-3-5-9(6-4-8)16-10(19)11-17-18-12(14)20-11/h3-6H,1-2H3,(H,16,19). The van der Waals surface area contributed by atoms with Crippen LogP contribution in [-0.2, 0) is 5.41 Å². The minimum atomic E-state index is -0.560. The lowest BCUT2D eigenvalue weighted by atomic mass is 9.86. The van der Waals surface area contributed by atoms with E-state index in [9.17, 15) is 4.79 Å². The number of anilines is 1. The molecular formula is C13H11ClN4OS. The second kappa shape index (κ2) is 5.57. The molecule has 2 aromatic rings. The zero-order chi connectivity index (χ0) is 14.8. The predicted octanol–water partition coefficient (Wildman–Crippen LogP) is 3.24. The van der Waals surface area contributed by atoms with E-state index < -0.39 is 5.41 Å². The third-order valence-corrected chi connectivity index (χ3v) is 3.76. The molecule has 0 atom stereocenters. The molecule has 7 heteroatoms. The molecular weight excluding hydrogens is 296 g/mol. The van der Waals surface area contributed by atoms with Gasteiger partial charge in [0.1, 0.15) is 0 Å². The van der Waals surface area contributed by atoms with Crippen molar-refractivity contribution in [2.75, 3.05) is 5.32 Å². The van der Waals surface area contributed by atoms with Gasteiger partial charge in [0.05, 0.1) is 11.5 Å². The molecule has 0 radical (unpaired) electrons. The number of benzene rings is 1. The number of amides is 1. The fourth-order valence-electron chi connectivity index (χ4n) is 1.52. The minimum Gasteiger partial charge on any atom is -0.320 e. The molecule has 0 aliphatic rings. The molecule has 0 saturated heterocycles. The van der Waals surface area contributed by atoms with Gasteiger partial charge in [0.25, 0.3) is 5.91 Å². The molecule has 5 nitrogen and oxygen atoms in total. The van der Waals surface area contributed by atoms with Gasteiger partial charge in [-0.15, -0.1) is 10.2 Å². The van der Waals surface area contributed by atoms with Crippen LogP contribution in [0.25, 0.3) is 0 Å². The van der Waals surface area contributed by atoms with Gasteiger partial charge in [-0.05, 0) is 43.1 Å². The Morgan fingerprint density at radius 2 is 2.00 bits per heavy atom. The zero-order valence-corrected chi connectivity index (χ0v) is 12.4. The molecule has 102 valence electrons. The molecule has 0 spiro atoms. The number of hydrogen-bond acceptors (Lipinski definition) is 5. The van der Waals surface area contributed by atoms with Crippen LogP contribution >= 0.6 is 22.9 Å². The number of carbonyl (C=O) groups excluding carboxylic acids is 1. The van der Waals surface area contributed by atoms with Gasteiger partial charge in [-0.25, -0.2) is 0 Å². The van der Waals surface area contributed by atoms with E-state index in [1.54, 1.807) is 12.1 Å². The maximum Gasteiger partial charge on any atom is 0.286 e. The van der Waals surface area contributed by atoms with E-state index in [1.165, 1.54) is 0 Å². The Morgan fingerprint density at radius 3 is 2.50 bits per heavy atom. The average Bonchev–Trinajstić information content (AvgIpc) is 2.86. The molecule has 0 bridgehead atoms. The van der Waals surface area contributed by atoms with Crippen molar-refractivity contribution in [1.82, 2.24) is 10.2 Å². The van der Waals surface area contributed by atoms with Gasteiger partial charge in [-0.2, -0.15) is 5.26 Å². The number of hydrogen-bond donors (Lipinski definition) is 1. The van der Waals surface area contributed by atoms with Crippen LogP contribution in [0.4, 0.5) is 5.69 Å². The number of nitrogens with one attached hydrogen (secondary N) is 1. The summed E-state index contributed by atoms with van der Waals surface area (Å²) in [6.45, 7) is 3.67. The summed E-state index contributed by atoms with van der Waals surface area (Å²) in [7, 11) is 0. The topological polar surface area (TPSA) is 78.7 Å². The number of halogens is 1. The highest BCUT2D eigenvalue weighted by atomic mass is 35.5. The monoisotopic (exact) mass is 306 g/mol. The first-order valence-electron chi connectivity index (χ1n) is 5.74. The normalized spacial score (nSPS) is 10.9. The van der Waals surface area contributed by atoms with Crippen LogP contribution in [0.5, 0.6) is 0 Å². The first-order valence-corrected chi connectivity index (χ1v) is 6.94. The van der Waals surface area contributed by atoms with Crippen molar-refractivity contribution in [3.8, 4) is 6.07 Å². The molecule has 1 amide bonds. The van der Waals surface area contributed by atoms with Crippen molar-refractivity contribution in [3.05, 3.63) is 39.3 Å². The Labute approximate surface area is 125 Å². The molecule has 20 heavy (non-hydrogen) atoms. The van der Waals surface area contributed by atoms with Crippen molar-refractivity contribution < 1.29 is 4.79 Å². The quantitative estimate of drug-likeness (QED) is 0.944. The third-order valence-electron chi connectivity index (χ3n) is 2.74. The maximum atomic E-state index is 11.9. The van der Waals surface area contributed by atoms with Gasteiger partial charge in [-0.1, -0.05) is 23.5 Å². The Morgan fingerprint density at radius 1 is 1.35 bits per heavy atom. The summed E-state index contributed by atoms with van der Waals surface area (Å²) < 4.78 is 0.223. The Balaban J connectivity index is 2.12. The van der Waals surface area contributed by atoms with E-state index in [1.807, 2.05) is 26.0 Å². The van der Waals surface area contributed by atoms with Crippen LogP contribution < -0.4 is 5.32 Å². The summed E-state index contributed by atoms with van der Waals surface area (Å²) in [5.41, 5.74) is 0.950. The lowest BCUT2D eigenvalue weighted by Gasteiger charge is -2.15. The van der Waals surface area contributed by atoms with Gasteiger partial charge in [0, 0.05) is 5.69 Å². The second-order valence-corrected chi connectivity index (χ2v) is 6.19. The minimum absolute atomic E-state index is 0.205. The second-order valence-electron chi connectivity index (χ2n) is 4.63. The molecule has 0 aliphatic heterocycles. The molecule has 0 unspecified atom stereocenters. The molecule has 2 rings (SSSR count). The van der Waals surface area contributed by atoms with Crippen molar-refractivity contribution in [2.24, 2.45) is 0 Å². The first kappa shape index (κ1) is 14.4. The van der Waals surface area contributed by atoms with Crippen molar-refractivity contribution in [2.45, 2.75) is 19.3 Å². The molecule has 0 aliphatic carbocycles. The maximum absolute atomic E-state index is 11.9. The van der Waals surface area contributed by atoms with Gasteiger partial charge >= 0.3 is 0 Å². The molecule has 1 heterocycles. The van der Waals surface area contributed by atoms with Crippen LogP contribution in [0.15, 0.2) is 24.3 Å². The Kier molecular flexibility index (Phi) is 4.02. The van der Waals surface area contributed by atoms with Crippen molar-refractivity contribution >= 4 is 34.5 Å². The molecule has 0 fully saturated rings. The zero-order valence-electron chi connectivity index (χ0n) is 10.8. The van der Waals surface area contributed by atoms with Crippen LogP contribution in [-0.4, -0.2) is 16.1 Å². The molecule has 1 aromatic heterocycles. The fraction of sp³-hybridized carbons (Fsp3) is 0.231.